The lowest BCUT2D eigenvalue weighted by Gasteiger charge is -2.18. The van der Waals surface area contributed by atoms with Crippen molar-refractivity contribution in [1.82, 2.24) is 0 Å². The van der Waals surface area contributed by atoms with Crippen molar-refractivity contribution in [2.75, 3.05) is 6.61 Å². The quantitative estimate of drug-likeness (QED) is 0.571. The van der Waals surface area contributed by atoms with E-state index in [0.717, 1.165) is 36.1 Å². The van der Waals surface area contributed by atoms with Crippen LogP contribution in [0.2, 0.25) is 0 Å². The van der Waals surface area contributed by atoms with Gasteiger partial charge in [0.1, 0.15) is 5.75 Å². The molecule has 84 valence electrons. The number of ether oxygens (including phenoxy) is 1. The Balaban J connectivity index is 2.22. The summed E-state index contributed by atoms with van der Waals surface area (Å²) < 4.78 is 5.67. The number of hydrogen-bond acceptors (Lipinski definition) is 2. The van der Waals surface area contributed by atoms with Gasteiger partial charge in [-0.05, 0) is 25.3 Å². The van der Waals surface area contributed by atoms with Crippen molar-refractivity contribution in [2.45, 2.75) is 25.7 Å². The number of Topliss-reactive ketones (excluding diaryl/α,β-unsaturated/α-hetero) is 1. The summed E-state index contributed by atoms with van der Waals surface area (Å²) in [6, 6.07) is 5.74. The van der Waals surface area contributed by atoms with Crippen LogP contribution in [0.3, 0.4) is 0 Å². The van der Waals surface area contributed by atoms with Gasteiger partial charge in [-0.1, -0.05) is 18.2 Å². The first-order chi connectivity index (χ1) is 7.83. The third-order valence-corrected chi connectivity index (χ3v) is 2.84. The maximum atomic E-state index is 11.7. The third kappa shape index (κ3) is 2.16. The van der Waals surface area contributed by atoms with Crippen LogP contribution in [0.25, 0.3) is 0 Å². The summed E-state index contributed by atoms with van der Waals surface area (Å²) in [5, 5.41) is 0. The van der Waals surface area contributed by atoms with E-state index >= 15 is 0 Å². The predicted octanol–water partition coefficient (Wildman–Crippen LogP) is 3.16. The van der Waals surface area contributed by atoms with Crippen LogP contribution in [0.15, 0.2) is 30.9 Å². The van der Waals surface area contributed by atoms with E-state index in [1.54, 1.807) is 0 Å². The molecule has 1 aliphatic carbocycles. The van der Waals surface area contributed by atoms with Gasteiger partial charge in [0.25, 0.3) is 0 Å². The van der Waals surface area contributed by atoms with E-state index in [2.05, 4.69) is 6.58 Å². The molecule has 0 saturated carbocycles. The SMILES string of the molecule is C=CCCOc1cccc2c1CCCC2=O. The highest BCUT2D eigenvalue weighted by atomic mass is 16.5. The maximum absolute atomic E-state index is 11.7. The molecule has 1 aromatic carbocycles. The summed E-state index contributed by atoms with van der Waals surface area (Å²) >= 11 is 0. The first kappa shape index (κ1) is 10.9. The standard InChI is InChI=1S/C14H16O2/c1-2-3-10-16-14-9-5-6-11-12(14)7-4-8-13(11)15/h2,5-6,9H,1,3-4,7-8,10H2. The van der Waals surface area contributed by atoms with Crippen molar-refractivity contribution in [3.63, 3.8) is 0 Å². The molecule has 0 amide bonds. The smallest absolute Gasteiger partial charge is 0.163 e. The van der Waals surface area contributed by atoms with Crippen molar-refractivity contribution >= 4 is 5.78 Å². The fourth-order valence-electron chi connectivity index (χ4n) is 2.03. The number of benzene rings is 1. The van der Waals surface area contributed by atoms with E-state index in [1.807, 2.05) is 24.3 Å². The Morgan fingerprint density at radius 2 is 2.25 bits per heavy atom. The largest absolute Gasteiger partial charge is 0.493 e. The summed E-state index contributed by atoms with van der Waals surface area (Å²) in [7, 11) is 0. The molecule has 0 bridgehead atoms. The molecule has 16 heavy (non-hydrogen) atoms. The molecule has 0 atom stereocenters. The minimum absolute atomic E-state index is 0.246. The second-order valence-corrected chi connectivity index (χ2v) is 3.98. The van der Waals surface area contributed by atoms with Crippen molar-refractivity contribution in [1.29, 1.82) is 0 Å². The second-order valence-electron chi connectivity index (χ2n) is 3.98. The van der Waals surface area contributed by atoms with E-state index in [1.165, 1.54) is 0 Å². The summed E-state index contributed by atoms with van der Waals surface area (Å²) in [6.45, 7) is 4.29. The van der Waals surface area contributed by atoms with Gasteiger partial charge < -0.3 is 4.74 Å². The molecule has 0 unspecified atom stereocenters. The number of ketones is 1. The molecule has 0 saturated heterocycles. The molecular weight excluding hydrogens is 200 g/mol. The van der Waals surface area contributed by atoms with Crippen LogP contribution in [0.4, 0.5) is 0 Å². The zero-order chi connectivity index (χ0) is 11.4. The van der Waals surface area contributed by atoms with Gasteiger partial charge in [0, 0.05) is 17.5 Å². The molecule has 0 aromatic heterocycles. The highest BCUT2D eigenvalue weighted by Gasteiger charge is 2.19. The summed E-state index contributed by atoms with van der Waals surface area (Å²) in [4.78, 5) is 11.7. The van der Waals surface area contributed by atoms with E-state index in [-0.39, 0.29) is 5.78 Å². The summed E-state index contributed by atoms with van der Waals surface area (Å²) in [5.74, 6) is 1.11. The Labute approximate surface area is 95.9 Å². The molecule has 2 heteroatoms. The molecule has 0 N–H and O–H groups in total. The van der Waals surface area contributed by atoms with Gasteiger partial charge in [-0.2, -0.15) is 0 Å². The van der Waals surface area contributed by atoms with E-state index in [9.17, 15) is 4.79 Å². The van der Waals surface area contributed by atoms with Gasteiger partial charge in [-0.15, -0.1) is 6.58 Å². The average molecular weight is 216 g/mol. The second kappa shape index (κ2) is 4.97. The lowest BCUT2D eigenvalue weighted by Crippen LogP contribution is -2.12. The van der Waals surface area contributed by atoms with Crippen molar-refractivity contribution in [3.8, 4) is 5.75 Å². The van der Waals surface area contributed by atoms with Crippen molar-refractivity contribution in [3.05, 3.63) is 42.0 Å². The molecule has 0 radical (unpaired) electrons. The zero-order valence-corrected chi connectivity index (χ0v) is 9.37. The highest BCUT2D eigenvalue weighted by Crippen LogP contribution is 2.29. The molecule has 0 fully saturated rings. The van der Waals surface area contributed by atoms with Crippen molar-refractivity contribution in [2.24, 2.45) is 0 Å². The van der Waals surface area contributed by atoms with E-state index < -0.39 is 0 Å². The highest BCUT2D eigenvalue weighted by molar-refractivity contribution is 5.99. The van der Waals surface area contributed by atoms with Crippen LogP contribution in [0.1, 0.15) is 35.2 Å². The van der Waals surface area contributed by atoms with Gasteiger partial charge in [-0.3, -0.25) is 4.79 Å². The van der Waals surface area contributed by atoms with Crippen LogP contribution in [0, 0.1) is 0 Å². The van der Waals surface area contributed by atoms with Crippen LogP contribution in [0.5, 0.6) is 5.75 Å². The summed E-state index contributed by atoms with van der Waals surface area (Å²) in [6.07, 6.45) is 5.22. The van der Waals surface area contributed by atoms with Gasteiger partial charge in [0.2, 0.25) is 0 Å². The molecule has 0 heterocycles. The van der Waals surface area contributed by atoms with Gasteiger partial charge in [0.05, 0.1) is 6.61 Å². The normalized spacial score (nSPS) is 14.4. The van der Waals surface area contributed by atoms with Crippen molar-refractivity contribution < 1.29 is 9.53 Å². The predicted molar refractivity (Wildman–Crippen MR) is 64.0 cm³/mol. The fraction of sp³-hybridized carbons (Fsp3) is 0.357. The van der Waals surface area contributed by atoms with Crippen LogP contribution in [-0.2, 0) is 6.42 Å². The minimum Gasteiger partial charge on any atom is -0.493 e. The number of carbonyl (C=O) groups is 1. The Kier molecular flexibility index (Phi) is 3.40. The van der Waals surface area contributed by atoms with Gasteiger partial charge in [0.15, 0.2) is 5.78 Å². The van der Waals surface area contributed by atoms with Gasteiger partial charge >= 0.3 is 0 Å². The Morgan fingerprint density at radius 1 is 1.38 bits per heavy atom. The maximum Gasteiger partial charge on any atom is 0.163 e. The minimum atomic E-state index is 0.246. The number of hydrogen-bond donors (Lipinski definition) is 0. The molecule has 1 aliphatic rings. The fourth-order valence-corrected chi connectivity index (χ4v) is 2.03. The topological polar surface area (TPSA) is 26.3 Å². The first-order valence-electron chi connectivity index (χ1n) is 5.71. The third-order valence-electron chi connectivity index (χ3n) is 2.84. The number of rotatable bonds is 4. The van der Waals surface area contributed by atoms with E-state index in [0.29, 0.717) is 13.0 Å². The number of carbonyl (C=O) groups excluding carboxylic acids is 1. The van der Waals surface area contributed by atoms with E-state index in [4.69, 9.17) is 4.74 Å². The van der Waals surface area contributed by atoms with Crippen LogP contribution >= 0.6 is 0 Å². The number of fused-ring (bicyclic) bond motifs is 1. The Bertz CT molecular complexity index is 407. The molecule has 0 spiro atoms. The average Bonchev–Trinajstić information content (AvgIpc) is 2.31. The zero-order valence-electron chi connectivity index (χ0n) is 9.37. The van der Waals surface area contributed by atoms with Gasteiger partial charge in [-0.25, -0.2) is 0 Å². The molecule has 0 aliphatic heterocycles. The summed E-state index contributed by atoms with van der Waals surface area (Å²) in [5.41, 5.74) is 1.94. The Morgan fingerprint density at radius 3 is 3.06 bits per heavy atom. The Hall–Kier alpha value is -1.57. The molecule has 2 nitrogen and oxygen atoms in total. The molecular formula is C14H16O2. The monoisotopic (exact) mass is 216 g/mol. The van der Waals surface area contributed by atoms with Crippen LogP contribution < -0.4 is 4.74 Å². The van der Waals surface area contributed by atoms with Crippen LogP contribution in [-0.4, -0.2) is 12.4 Å². The molecule has 1 aromatic rings. The molecule has 2 rings (SSSR count). The lowest BCUT2D eigenvalue weighted by atomic mass is 9.90. The first-order valence-corrected chi connectivity index (χ1v) is 5.71. The lowest BCUT2D eigenvalue weighted by molar-refractivity contribution is 0.0971.